The first-order valence-electron chi connectivity index (χ1n) is 12.5. The van der Waals surface area contributed by atoms with Crippen molar-refractivity contribution < 1.29 is 23.6 Å². The molecular formula is C26H33FN6O4. The molecule has 3 heterocycles. The van der Waals surface area contributed by atoms with Crippen LogP contribution in [0.3, 0.4) is 0 Å². The Morgan fingerprint density at radius 3 is 2.73 bits per heavy atom. The van der Waals surface area contributed by atoms with Crippen LogP contribution in [-0.2, 0) is 16.2 Å². The van der Waals surface area contributed by atoms with E-state index in [-0.39, 0.29) is 35.9 Å². The lowest BCUT2D eigenvalue weighted by molar-refractivity contribution is -0.133. The van der Waals surface area contributed by atoms with Crippen molar-refractivity contribution in [3.05, 3.63) is 52.9 Å². The SMILES string of the molecule is CNCCC(=O)N1CCC(C2CC(c3cc(C(=O)NCc4ccc(F)c(OC)c4)nc(C)n3)=NO2)CC1. The molecule has 2 aliphatic rings. The van der Waals surface area contributed by atoms with E-state index in [1.54, 1.807) is 25.1 Å². The molecule has 2 N–H and O–H groups in total. The maximum Gasteiger partial charge on any atom is 0.270 e. The van der Waals surface area contributed by atoms with Gasteiger partial charge in [-0.1, -0.05) is 11.2 Å². The molecule has 11 heteroatoms. The number of ether oxygens (including phenoxy) is 1. The Labute approximate surface area is 215 Å². The van der Waals surface area contributed by atoms with E-state index in [9.17, 15) is 14.0 Å². The summed E-state index contributed by atoms with van der Waals surface area (Å²) in [6, 6.07) is 6.04. The highest BCUT2D eigenvalue weighted by Crippen LogP contribution is 2.29. The van der Waals surface area contributed by atoms with Gasteiger partial charge in [-0.15, -0.1) is 0 Å². The van der Waals surface area contributed by atoms with Gasteiger partial charge in [0.15, 0.2) is 11.6 Å². The summed E-state index contributed by atoms with van der Waals surface area (Å²) in [5.74, 6) is 0.208. The second-order valence-corrected chi connectivity index (χ2v) is 9.29. The minimum Gasteiger partial charge on any atom is -0.494 e. The average molecular weight is 513 g/mol. The number of carbonyl (C=O) groups is 2. The highest BCUT2D eigenvalue weighted by molar-refractivity contribution is 6.02. The molecule has 0 bridgehead atoms. The fourth-order valence-corrected chi connectivity index (χ4v) is 4.63. The van der Waals surface area contributed by atoms with Crippen LogP contribution in [0.2, 0.25) is 0 Å². The number of nitrogens with zero attached hydrogens (tertiary/aromatic N) is 4. The molecule has 1 atom stereocenters. The number of oxime groups is 1. The summed E-state index contributed by atoms with van der Waals surface area (Å²) >= 11 is 0. The summed E-state index contributed by atoms with van der Waals surface area (Å²) in [6.45, 7) is 4.04. The molecule has 2 amide bonds. The summed E-state index contributed by atoms with van der Waals surface area (Å²) in [5.41, 5.74) is 2.16. The number of nitrogens with one attached hydrogen (secondary N) is 2. The second-order valence-electron chi connectivity index (χ2n) is 9.29. The van der Waals surface area contributed by atoms with Gasteiger partial charge >= 0.3 is 0 Å². The van der Waals surface area contributed by atoms with Crippen LogP contribution < -0.4 is 15.4 Å². The van der Waals surface area contributed by atoms with E-state index < -0.39 is 5.82 Å². The first-order chi connectivity index (χ1) is 17.9. The number of amides is 2. The minimum absolute atomic E-state index is 0.0782. The number of hydrogen-bond donors (Lipinski definition) is 2. The van der Waals surface area contributed by atoms with Gasteiger partial charge in [-0.2, -0.15) is 0 Å². The third-order valence-electron chi connectivity index (χ3n) is 6.73. The molecule has 1 aromatic carbocycles. The number of halogens is 1. The maximum absolute atomic E-state index is 13.6. The van der Waals surface area contributed by atoms with E-state index in [0.29, 0.717) is 48.1 Å². The topological polar surface area (TPSA) is 118 Å². The van der Waals surface area contributed by atoms with Gasteiger partial charge in [0.05, 0.1) is 12.8 Å². The zero-order valence-electron chi connectivity index (χ0n) is 21.4. The lowest BCUT2D eigenvalue weighted by atomic mass is 9.88. The first-order valence-corrected chi connectivity index (χ1v) is 12.5. The predicted molar refractivity (Wildman–Crippen MR) is 135 cm³/mol. The number of likely N-dealkylation sites (tertiary alicyclic amines) is 1. The maximum atomic E-state index is 13.6. The second kappa shape index (κ2) is 12.1. The molecule has 2 aromatic rings. The van der Waals surface area contributed by atoms with Gasteiger partial charge in [-0.25, -0.2) is 14.4 Å². The van der Waals surface area contributed by atoms with Gasteiger partial charge in [0.25, 0.3) is 5.91 Å². The Balaban J connectivity index is 1.33. The number of methoxy groups -OCH3 is 1. The Kier molecular flexibility index (Phi) is 8.65. The normalized spacial score (nSPS) is 17.8. The summed E-state index contributed by atoms with van der Waals surface area (Å²) < 4.78 is 18.6. The zero-order valence-corrected chi connectivity index (χ0v) is 21.4. The molecule has 1 aromatic heterocycles. The van der Waals surface area contributed by atoms with Gasteiger partial charge in [0, 0.05) is 44.9 Å². The monoisotopic (exact) mass is 512 g/mol. The van der Waals surface area contributed by atoms with Crippen molar-refractivity contribution in [3.8, 4) is 5.75 Å². The van der Waals surface area contributed by atoms with Crippen molar-refractivity contribution in [3.63, 3.8) is 0 Å². The van der Waals surface area contributed by atoms with Gasteiger partial charge in [-0.05, 0) is 50.6 Å². The van der Waals surface area contributed by atoms with E-state index in [4.69, 9.17) is 9.57 Å². The minimum atomic E-state index is -0.463. The number of aryl methyl sites for hydroxylation is 1. The molecule has 2 aliphatic heterocycles. The molecule has 1 fully saturated rings. The highest BCUT2D eigenvalue weighted by atomic mass is 19.1. The van der Waals surface area contributed by atoms with E-state index in [2.05, 4.69) is 25.8 Å². The third kappa shape index (κ3) is 6.59. The molecule has 37 heavy (non-hydrogen) atoms. The van der Waals surface area contributed by atoms with Crippen molar-refractivity contribution in [1.82, 2.24) is 25.5 Å². The van der Waals surface area contributed by atoms with Crippen molar-refractivity contribution in [2.75, 3.05) is 33.8 Å². The van der Waals surface area contributed by atoms with Gasteiger partial charge in [0.2, 0.25) is 5.91 Å². The lowest BCUT2D eigenvalue weighted by Crippen LogP contribution is -2.42. The van der Waals surface area contributed by atoms with Crippen molar-refractivity contribution in [1.29, 1.82) is 0 Å². The van der Waals surface area contributed by atoms with E-state index in [0.717, 1.165) is 25.9 Å². The molecule has 198 valence electrons. The van der Waals surface area contributed by atoms with Crippen LogP contribution in [0.5, 0.6) is 5.75 Å². The predicted octanol–water partition coefficient (Wildman–Crippen LogP) is 2.20. The quantitative estimate of drug-likeness (QED) is 0.529. The number of rotatable bonds is 9. The number of hydrogen-bond acceptors (Lipinski definition) is 8. The molecular weight excluding hydrogens is 479 g/mol. The number of piperidine rings is 1. The molecule has 0 radical (unpaired) electrons. The van der Waals surface area contributed by atoms with Crippen LogP contribution in [0, 0.1) is 18.7 Å². The van der Waals surface area contributed by atoms with Crippen LogP contribution >= 0.6 is 0 Å². The molecule has 0 saturated carbocycles. The number of aromatic nitrogens is 2. The van der Waals surface area contributed by atoms with Crippen molar-refractivity contribution >= 4 is 17.5 Å². The Morgan fingerprint density at radius 2 is 2.00 bits per heavy atom. The van der Waals surface area contributed by atoms with Crippen LogP contribution in [0.15, 0.2) is 29.4 Å². The van der Waals surface area contributed by atoms with Gasteiger partial charge < -0.3 is 25.1 Å². The average Bonchev–Trinajstić information content (AvgIpc) is 3.41. The standard InChI is InChI=1S/C26H33FN6O4/c1-16-30-20(13-22(31-16)26(35)29-15-17-4-5-19(27)24(12-17)36-3)21-14-23(37-32-21)18-7-10-33(11-8-18)25(34)6-9-28-2/h4-5,12-13,18,23,28H,6-11,14-15H2,1-3H3,(H,29,35). The Morgan fingerprint density at radius 1 is 1.22 bits per heavy atom. The summed E-state index contributed by atoms with van der Waals surface area (Å²) in [5, 5.41) is 10.1. The third-order valence-corrected chi connectivity index (χ3v) is 6.73. The lowest BCUT2D eigenvalue weighted by Gasteiger charge is -2.33. The summed E-state index contributed by atoms with van der Waals surface area (Å²) in [4.78, 5) is 41.5. The summed E-state index contributed by atoms with van der Waals surface area (Å²) in [7, 11) is 3.23. The van der Waals surface area contributed by atoms with Crippen molar-refractivity contribution in [2.24, 2.45) is 11.1 Å². The van der Waals surface area contributed by atoms with Crippen LogP contribution in [0.1, 0.15) is 53.3 Å². The van der Waals surface area contributed by atoms with E-state index >= 15 is 0 Å². The van der Waals surface area contributed by atoms with Crippen LogP contribution in [0.25, 0.3) is 0 Å². The van der Waals surface area contributed by atoms with Gasteiger partial charge in [0.1, 0.15) is 23.3 Å². The molecule has 0 aliphatic carbocycles. The first kappa shape index (κ1) is 26.5. The smallest absolute Gasteiger partial charge is 0.270 e. The Bertz CT molecular complexity index is 1170. The Hall–Kier alpha value is -3.60. The van der Waals surface area contributed by atoms with Crippen LogP contribution in [0.4, 0.5) is 4.39 Å². The number of carbonyl (C=O) groups excluding carboxylic acids is 2. The van der Waals surface area contributed by atoms with E-state index in [1.807, 2.05) is 11.9 Å². The van der Waals surface area contributed by atoms with E-state index in [1.165, 1.54) is 13.2 Å². The van der Waals surface area contributed by atoms with Gasteiger partial charge in [-0.3, -0.25) is 9.59 Å². The molecule has 10 nitrogen and oxygen atoms in total. The highest BCUT2D eigenvalue weighted by Gasteiger charge is 2.34. The largest absolute Gasteiger partial charge is 0.494 e. The fourth-order valence-electron chi connectivity index (χ4n) is 4.63. The zero-order chi connectivity index (χ0) is 26.4. The fraction of sp³-hybridized carbons (Fsp3) is 0.500. The van der Waals surface area contributed by atoms with Crippen molar-refractivity contribution in [2.45, 2.75) is 45.3 Å². The molecule has 1 unspecified atom stereocenters. The molecule has 1 saturated heterocycles. The number of benzene rings is 1. The molecule has 4 rings (SSSR count). The van der Waals surface area contributed by atoms with Crippen LogP contribution in [-0.4, -0.2) is 72.3 Å². The molecule has 0 spiro atoms. The summed E-state index contributed by atoms with van der Waals surface area (Å²) in [6.07, 6.45) is 2.75.